The third kappa shape index (κ3) is 5.24. The molecule has 0 saturated carbocycles. The number of carboxylic acid groups (broad SMARTS) is 1. The van der Waals surface area contributed by atoms with Crippen molar-refractivity contribution in [3.8, 4) is 5.75 Å². The lowest BCUT2D eigenvalue weighted by Crippen LogP contribution is -2.39. The maximum atomic E-state index is 11.2. The summed E-state index contributed by atoms with van der Waals surface area (Å²) in [5.41, 5.74) is 2.40. The van der Waals surface area contributed by atoms with E-state index in [-0.39, 0.29) is 30.1 Å². The average molecular weight is 490 g/mol. The molecule has 180 valence electrons. The molecule has 0 fully saturated rings. The Kier molecular flexibility index (Phi) is 7.54. The van der Waals surface area contributed by atoms with Gasteiger partial charge in [0.1, 0.15) is 17.7 Å². The maximum absolute atomic E-state index is 11.2. The summed E-state index contributed by atoms with van der Waals surface area (Å²) in [5, 5.41) is 15.4. The van der Waals surface area contributed by atoms with Gasteiger partial charge in [0.15, 0.2) is 0 Å². The van der Waals surface area contributed by atoms with Gasteiger partial charge < -0.3 is 20.1 Å². The van der Waals surface area contributed by atoms with Crippen LogP contribution in [0.2, 0.25) is 0 Å². The highest BCUT2D eigenvalue weighted by Crippen LogP contribution is 2.37. The molecular formula is C28H28ClN3O3. The number of benzene rings is 3. The topological polar surface area (TPSA) is 74.7 Å². The Balaban J connectivity index is 0.00000289. The van der Waals surface area contributed by atoms with E-state index < -0.39 is 5.97 Å². The summed E-state index contributed by atoms with van der Waals surface area (Å²) in [6.07, 6.45) is 2.20. The number of halogens is 1. The van der Waals surface area contributed by atoms with E-state index in [0.29, 0.717) is 12.4 Å². The van der Waals surface area contributed by atoms with Gasteiger partial charge in [0.25, 0.3) is 0 Å². The van der Waals surface area contributed by atoms with Gasteiger partial charge in [-0.1, -0.05) is 54.6 Å². The smallest absolute Gasteiger partial charge is 0.337 e. The van der Waals surface area contributed by atoms with Gasteiger partial charge in [-0.15, -0.1) is 12.4 Å². The third-order valence-electron chi connectivity index (χ3n) is 6.31. The molecule has 0 radical (unpaired) electrons. The van der Waals surface area contributed by atoms with Crippen molar-refractivity contribution in [2.45, 2.75) is 25.5 Å². The van der Waals surface area contributed by atoms with Gasteiger partial charge in [-0.25, -0.2) is 9.78 Å². The van der Waals surface area contributed by atoms with Crippen molar-refractivity contribution in [1.82, 2.24) is 10.3 Å². The zero-order chi connectivity index (χ0) is 23.5. The molecule has 1 aromatic heterocycles. The number of pyridine rings is 1. The summed E-state index contributed by atoms with van der Waals surface area (Å²) < 4.78 is 6.30. The summed E-state index contributed by atoms with van der Waals surface area (Å²) >= 11 is 0. The highest BCUT2D eigenvalue weighted by atomic mass is 35.5. The molecule has 0 bridgehead atoms. The van der Waals surface area contributed by atoms with Crippen LogP contribution in [0, 0.1) is 0 Å². The molecule has 3 aromatic carbocycles. The first-order valence-corrected chi connectivity index (χ1v) is 11.5. The third-order valence-corrected chi connectivity index (χ3v) is 6.31. The van der Waals surface area contributed by atoms with Crippen LogP contribution in [-0.2, 0) is 0 Å². The number of hydrogen-bond acceptors (Lipinski definition) is 5. The predicted octanol–water partition coefficient (Wildman–Crippen LogP) is 5.99. The highest BCUT2D eigenvalue weighted by Gasteiger charge is 2.27. The molecule has 2 atom stereocenters. The highest BCUT2D eigenvalue weighted by molar-refractivity contribution is 5.87. The number of fused-ring (bicyclic) bond motifs is 2. The van der Waals surface area contributed by atoms with Gasteiger partial charge >= 0.3 is 5.97 Å². The van der Waals surface area contributed by atoms with Crippen LogP contribution in [0.1, 0.15) is 35.3 Å². The van der Waals surface area contributed by atoms with Crippen molar-refractivity contribution in [3.63, 3.8) is 0 Å². The van der Waals surface area contributed by atoms with Crippen LogP contribution in [0.3, 0.4) is 0 Å². The number of carbonyl (C=O) groups is 1. The Morgan fingerprint density at radius 3 is 2.66 bits per heavy atom. The number of rotatable bonds is 7. The van der Waals surface area contributed by atoms with Crippen LogP contribution in [0.4, 0.5) is 11.5 Å². The van der Waals surface area contributed by atoms with Crippen molar-refractivity contribution in [1.29, 1.82) is 0 Å². The second-order valence-corrected chi connectivity index (χ2v) is 8.56. The van der Waals surface area contributed by atoms with E-state index in [1.54, 1.807) is 12.1 Å². The fraction of sp³-hybridized carbons (Fsp3) is 0.214. The number of para-hydroxylation sites is 2. The van der Waals surface area contributed by atoms with Crippen molar-refractivity contribution < 1.29 is 14.6 Å². The number of carboxylic acids is 1. The minimum atomic E-state index is -0.981. The van der Waals surface area contributed by atoms with Crippen molar-refractivity contribution in [2.75, 3.05) is 18.0 Å². The fourth-order valence-corrected chi connectivity index (χ4v) is 4.54. The Morgan fingerprint density at radius 1 is 1.09 bits per heavy atom. The number of nitrogens with zero attached hydrogens (tertiary/aromatic N) is 2. The van der Waals surface area contributed by atoms with E-state index in [1.165, 1.54) is 22.5 Å². The summed E-state index contributed by atoms with van der Waals surface area (Å²) in [7, 11) is 0. The largest absolute Gasteiger partial charge is 0.486 e. The molecule has 6 nitrogen and oxygen atoms in total. The van der Waals surface area contributed by atoms with Gasteiger partial charge in [0.05, 0.1) is 17.8 Å². The SMILES string of the molecule is C[C@@H](NCC[C@H]1CN(c2ccc(C(=O)O)cn2)c2ccccc2O1)c1cccc2ccccc12.Cl. The molecule has 2 heterocycles. The van der Waals surface area contributed by atoms with Gasteiger partial charge in [-0.05, 0) is 60.5 Å². The molecule has 4 aromatic rings. The number of ether oxygens (including phenoxy) is 1. The number of nitrogens with one attached hydrogen (secondary N) is 1. The number of hydrogen-bond donors (Lipinski definition) is 2. The number of aromatic carboxylic acids is 1. The van der Waals surface area contributed by atoms with Crippen LogP contribution >= 0.6 is 12.4 Å². The van der Waals surface area contributed by atoms with Crippen LogP contribution in [-0.4, -0.2) is 35.3 Å². The minimum Gasteiger partial charge on any atom is -0.486 e. The van der Waals surface area contributed by atoms with Crippen LogP contribution < -0.4 is 15.0 Å². The van der Waals surface area contributed by atoms with Crippen LogP contribution in [0.5, 0.6) is 5.75 Å². The zero-order valence-electron chi connectivity index (χ0n) is 19.4. The first-order chi connectivity index (χ1) is 16.6. The molecule has 2 N–H and O–H groups in total. The van der Waals surface area contributed by atoms with Gasteiger partial charge in [0, 0.05) is 12.2 Å². The van der Waals surface area contributed by atoms with Crippen molar-refractivity contribution >= 4 is 40.7 Å². The Bertz CT molecular complexity index is 1310. The van der Waals surface area contributed by atoms with Gasteiger partial charge in [-0.2, -0.15) is 0 Å². The van der Waals surface area contributed by atoms with Crippen LogP contribution in [0.25, 0.3) is 10.8 Å². The fourth-order valence-electron chi connectivity index (χ4n) is 4.54. The standard InChI is InChI=1S/C28H27N3O3.ClH/c1-19(23-10-6-8-20-7-2-3-9-24(20)23)29-16-15-22-18-31(25-11-4-5-12-26(25)34-22)27-14-13-21(17-30-27)28(32)33;/h2-14,17,19,22,29H,15-16,18H2,1H3,(H,32,33);1H/t19-,22+;/m1./s1. The first kappa shape index (κ1) is 24.5. The molecule has 5 rings (SSSR count). The van der Waals surface area contributed by atoms with Crippen molar-refractivity contribution in [3.05, 3.63) is 96.2 Å². The van der Waals surface area contributed by atoms with E-state index in [1.807, 2.05) is 24.3 Å². The Morgan fingerprint density at radius 2 is 1.86 bits per heavy atom. The molecule has 0 aliphatic carbocycles. The molecule has 0 unspecified atom stereocenters. The van der Waals surface area contributed by atoms with E-state index in [2.05, 4.69) is 64.6 Å². The molecule has 0 saturated heterocycles. The first-order valence-electron chi connectivity index (χ1n) is 11.5. The lowest BCUT2D eigenvalue weighted by Gasteiger charge is -2.36. The molecule has 1 aliphatic heterocycles. The Hall–Kier alpha value is -3.61. The average Bonchev–Trinajstić information content (AvgIpc) is 2.88. The Labute approximate surface area is 211 Å². The minimum absolute atomic E-state index is 0. The molecular weight excluding hydrogens is 462 g/mol. The lowest BCUT2D eigenvalue weighted by atomic mass is 9.99. The number of anilines is 2. The molecule has 35 heavy (non-hydrogen) atoms. The summed E-state index contributed by atoms with van der Waals surface area (Å²) in [5.74, 6) is 0.540. The predicted molar refractivity (Wildman–Crippen MR) is 141 cm³/mol. The summed E-state index contributed by atoms with van der Waals surface area (Å²) in [4.78, 5) is 17.7. The van der Waals surface area contributed by atoms with Crippen molar-refractivity contribution in [2.24, 2.45) is 0 Å². The number of aromatic nitrogens is 1. The van der Waals surface area contributed by atoms with E-state index in [9.17, 15) is 9.90 Å². The van der Waals surface area contributed by atoms with Gasteiger partial charge in [-0.3, -0.25) is 0 Å². The van der Waals surface area contributed by atoms with E-state index in [4.69, 9.17) is 4.74 Å². The molecule has 7 heteroatoms. The maximum Gasteiger partial charge on any atom is 0.337 e. The quantitative estimate of drug-likeness (QED) is 0.332. The second-order valence-electron chi connectivity index (χ2n) is 8.56. The second kappa shape index (κ2) is 10.8. The summed E-state index contributed by atoms with van der Waals surface area (Å²) in [6.45, 7) is 3.64. The monoisotopic (exact) mass is 489 g/mol. The molecule has 1 aliphatic rings. The molecule has 0 spiro atoms. The van der Waals surface area contributed by atoms with Gasteiger partial charge in [0.2, 0.25) is 0 Å². The molecule has 0 amide bonds. The lowest BCUT2D eigenvalue weighted by molar-refractivity contribution is 0.0696. The summed E-state index contributed by atoms with van der Waals surface area (Å²) in [6, 6.07) is 26.3. The van der Waals surface area contributed by atoms with Crippen LogP contribution in [0.15, 0.2) is 85.1 Å². The normalized spacial score (nSPS) is 15.6. The zero-order valence-corrected chi connectivity index (χ0v) is 20.2. The van der Waals surface area contributed by atoms with E-state index in [0.717, 1.165) is 24.4 Å². The van der Waals surface area contributed by atoms with E-state index >= 15 is 0 Å².